The molecule has 8 nitrogen and oxygen atoms in total. The van der Waals surface area contributed by atoms with Gasteiger partial charge in [-0.3, -0.25) is 4.79 Å². The van der Waals surface area contributed by atoms with Crippen LogP contribution in [0, 0.1) is 5.92 Å². The lowest BCUT2D eigenvalue weighted by molar-refractivity contribution is -0.148. The maximum absolute atomic E-state index is 12.6. The third kappa shape index (κ3) is 10.7. The van der Waals surface area contributed by atoms with Crippen molar-refractivity contribution in [3.05, 3.63) is 59.7 Å². The summed E-state index contributed by atoms with van der Waals surface area (Å²) in [4.78, 5) is 35.7. The van der Waals surface area contributed by atoms with Crippen LogP contribution < -0.4 is 14.2 Å². The van der Waals surface area contributed by atoms with E-state index in [1.807, 2.05) is 6.92 Å². The zero-order valence-electron chi connectivity index (χ0n) is 22.7. The highest BCUT2D eigenvalue weighted by atomic mass is 16.6. The molecule has 0 saturated heterocycles. The first-order chi connectivity index (χ1) is 18.4. The van der Waals surface area contributed by atoms with Crippen molar-refractivity contribution in [3.63, 3.8) is 0 Å². The minimum Gasteiger partial charge on any atom is -0.494 e. The Bertz CT molecular complexity index is 1060. The van der Waals surface area contributed by atoms with Gasteiger partial charge in [0.1, 0.15) is 5.75 Å². The molecule has 0 heterocycles. The zero-order chi connectivity index (χ0) is 27.8. The third-order valence-corrected chi connectivity index (χ3v) is 5.77. The van der Waals surface area contributed by atoms with Gasteiger partial charge in [-0.25, -0.2) is 9.59 Å². The fourth-order valence-electron chi connectivity index (χ4n) is 3.56. The molecule has 0 aliphatic carbocycles. The Hall–Kier alpha value is -3.81. The van der Waals surface area contributed by atoms with Gasteiger partial charge in [-0.1, -0.05) is 26.3 Å². The Morgan fingerprint density at radius 2 is 1.61 bits per heavy atom. The van der Waals surface area contributed by atoms with Crippen molar-refractivity contribution in [2.45, 2.75) is 52.4 Å². The standard InChI is InChI=1S/C30H38O8/c1-5-10-22(2)29(32)37-20-9-7-6-8-19-36-25-15-13-24(14-16-25)30(33)38-26-17-11-23(21-27(26)34-3)12-18-28(31)35-4/h11-18,21-22H,5-10,19-20H2,1-4H3/b18-12+/t22-/m0/s1. The SMILES string of the molecule is CCC[C@H](C)C(=O)OCCCCCCOc1ccc(C(=O)Oc2ccc(/C=C/C(=O)OC)cc2OC)cc1. The molecule has 2 aromatic rings. The van der Waals surface area contributed by atoms with Crippen LogP contribution in [0.2, 0.25) is 0 Å². The van der Waals surface area contributed by atoms with E-state index in [0.29, 0.717) is 35.8 Å². The molecule has 0 saturated carbocycles. The summed E-state index contributed by atoms with van der Waals surface area (Å²) in [5.41, 5.74) is 1.06. The van der Waals surface area contributed by atoms with Crippen LogP contribution in [-0.4, -0.2) is 45.3 Å². The van der Waals surface area contributed by atoms with Crippen molar-refractivity contribution >= 4 is 24.0 Å². The largest absolute Gasteiger partial charge is 0.494 e. The highest BCUT2D eigenvalue weighted by molar-refractivity contribution is 5.91. The number of methoxy groups -OCH3 is 2. The molecule has 0 spiro atoms. The normalized spacial score (nSPS) is 11.6. The van der Waals surface area contributed by atoms with Crippen molar-refractivity contribution in [1.82, 2.24) is 0 Å². The van der Waals surface area contributed by atoms with Gasteiger partial charge >= 0.3 is 17.9 Å². The summed E-state index contributed by atoms with van der Waals surface area (Å²) in [7, 11) is 2.77. The van der Waals surface area contributed by atoms with E-state index >= 15 is 0 Å². The van der Waals surface area contributed by atoms with Gasteiger partial charge in [0.2, 0.25) is 0 Å². The lowest BCUT2D eigenvalue weighted by Crippen LogP contribution is -2.15. The first-order valence-electron chi connectivity index (χ1n) is 12.9. The van der Waals surface area contributed by atoms with E-state index in [-0.39, 0.29) is 17.6 Å². The molecule has 0 amide bonds. The van der Waals surface area contributed by atoms with Crippen molar-refractivity contribution in [2.75, 3.05) is 27.4 Å². The maximum Gasteiger partial charge on any atom is 0.343 e. The van der Waals surface area contributed by atoms with Gasteiger partial charge < -0.3 is 23.7 Å². The van der Waals surface area contributed by atoms with E-state index in [1.54, 1.807) is 48.5 Å². The number of esters is 3. The van der Waals surface area contributed by atoms with Crippen LogP contribution in [-0.2, 0) is 19.1 Å². The Morgan fingerprint density at radius 1 is 0.895 bits per heavy atom. The number of ether oxygens (including phenoxy) is 5. The van der Waals surface area contributed by atoms with Gasteiger partial charge in [0, 0.05) is 6.08 Å². The van der Waals surface area contributed by atoms with Crippen LogP contribution in [0.15, 0.2) is 48.5 Å². The van der Waals surface area contributed by atoms with E-state index in [2.05, 4.69) is 11.7 Å². The van der Waals surface area contributed by atoms with E-state index in [0.717, 1.165) is 38.5 Å². The molecule has 0 bridgehead atoms. The number of unbranched alkanes of at least 4 members (excludes halogenated alkanes) is 3. The second-order valence-electron chi connectivity index (χ2n) is 8.80. The van der Waals surface area contributed by atoms with Crippen molar-refractivity contribution in [2.24, 2.45) is 5.92 Å². The minimum atomic E-state index is -0.530. The van der Waals surface area contributed by atoms with E-state index in [9.17, 15) is 14.4 Å². The van der Waals surface area contributed by atoms with Crippen LogP contribution >= 0.6 is 0 Å². The van der Waals surface area contributed by atoms with Crippen molar-refractivity contribution in [1.29, 1.82) is 0 Å². The molecule has 0 aromatic heterocycles. The molecule has 2 rings (SSSR count). The fourth-order valence-corrected chi connectivity index (χ4v) is 3.56. The molecule has 0 N–H and O–H groups in total. The molecule has 1 atom stereocenters. The quantitative estimate of drug-likeness (QED) is 0.113. The molecule has 8 heteroatoms. The molecular weight excluding hydrogens is 488 g/mol. The van der Waals surface area contributed by atoms with Crippen molar-refractivity contribution < 1.29 is 38.1 Å². The molecule has 0 unspecified atom stereocenters. The Morgan fingerprint density at radius 3 is 2.26 bits per heavy atom. The summed E-state index contributed by atoms with van der Waals surface area (Å²) in [6.45, 7) is 4.99. The predicted molar refractivity (Wildman–Crippen MR) is 144 cm³/mol. The van der Waals surface area contributed by atoms with Crippen molar-refractivity contribution in [3.8, 4) is 17.2 Å². The highest BCUT2D eigenvalue weighted by Gasteiger charge is 2.14. The summed E-state index contributed by atoms with van der Waals surface area (Å²) in [5, 5.41) is 0. The topological polar surface area (TPSA) is 97.4 Å². The number of carbonyl (C=O) groups is 3. The van der Waals surface area contributed by atoms with Gasteiger partial charge in [0.25, 0.3) is 0 Å². The van der Waals surface area contributed by atoms with Gasteiger partial charge in [0.05, 0.1) is 38.9 Å². The molecule has 38 heavy (non-hydrogen) atoms. The van der Waals surface area contributed by atoms with E-state index < -0.39 is 11.9 Å². The van der Waals surface area contributed by atoms with Crippen LogP contribution in [0.25, 0.3) is 6.08 Å². The van der Waals surface area contributed by atoms with Crippen LogP contribution in [0.3, 0.4) is 0 Å². The fraction of sp³-hybridized carbons (Fsp3) is 0.433. The van der Waals surface area contributed by atoms with Crippen LogP contribution in [0.5, 0.6) is 17.2 Å². The maximum atomic E-state index is 12.6. The third-order valence-electron chi connectivity index (χ3n) is 5.77. The van der Waals surface area contributed by atoms with Gasteiger partial charge in [-0.2, -0.15) is 0 Å². The smallest absolute Gasteiger partial charge is 0.343 e. The second kappa shape index (κ2) is 16.8. The number of rotatable bonds is 16. The summed E-state index contributed by atoms with van der Waals surface area (Å²) >= 11 is 0. The Balaban J connectivity index is 1.73. The monoisotopic (exact) mass is 526 g/mol. The van der Waals surface area contributed by atoms with E-state index in [1.165, 1.54) is 20.3 Å². The zero-order valence-corrected chi connectivity index (χ0v) is 22.7. The summed E-state index contributed by atoms with van der Waals surface area (Å²) in [6.07, 6.45) is 8.38. The number of hydrogen-bond donors (Lipinski definition) is 0. The number of benzene rings is 2. The molecule has 0 radical (unpaired) electrons. The first kappa shape index (κ1) is 30.4. The second-order valence-corrected chi connectivity index (χ2v) is 8.80. The number of hydrogen-bond acceptors (Lipinski definition) is 8. The van der Waals surface area contributed by atoms with Gasteiger partial charge in [-0.05, 0) is 80.1 Å². The van der Waals surface area contributed by atoms with Gasteiger partial charge in [-0.15, -0.1) is 0 Å². The predicted octanol–water partition coefficient (Wildman–Crippen LogP) is 6.02. The first-order valence-corrected chi connectivity index (χ1v) is 12.9. The average Bonchev–Trinajstić information content (AvgIpc) is 2.93. The lowest BCUT2D eigenvalue weighted by Gasteiger charge is -2.11. The summed E-state index contributed by atoms with van der Waals surface area (Å²) < 4.78 is 26.5. The molecule has 206 valence electrons. The van der Waals surface area contributed by atoms with Gasteiger partial charge in [0.15, 0.2) is 11.5 Å². The van der Waals surface area contributed by atoms with Crippen LogP contribution in [0.1, 0.15) is 68.3 Å². The van der Waals surface area contributed by atoms with Crippen LogP contribution in [0.4, 0.5) is 0 Å². The number of carbonyl (C=O) groups excluding carboxylic acids is 3. The minimum absolute atomic E-state index is 0.0286. The molecule has 0 aliphatic heterocycles. The Labute approximate surface area is 224 Å². The summed E-state index contributed by atoms with van der Waals surface area (Å²) in [6, 6.07) is 11.7. The molecule has 0 fully saturated rings. The lowest BCUT2D eigenvalue weighted by atomic mass is 10.1. The molecular formula is C30H38O8. The van der Waals surface area contributed by atoms with E-state index in [4.69, 9.17) is 18.9 Å². The molecule has 0 aliphatic rings. The summed E-state index contributed by atoms with van der Waals surface area (Å²) in [5.74, 6) is 0.146. The molecule has 2 aromatic carbocycles. The average molecular weight is 527 g/mol. The Kier molecular flexibility index (Phi) is 13.5. The highest BCUT2D eigenvalue weighted by Crippen LogP contribution is 2.29.